The van der Waals surface area contributed by atoms with Crippen LogP contribution in [0.5, 0.6) is 17.4 Å². The van der Waals surface area contributed by atoms with E-state index in [-0.39, 0.29) is 17.9 Å². The Bertz CT molecular complexity index is 1380. The highest BCUT2D eigenvalue weighted by atomic mass is 19.4. The summed E-state index contributed by atoms with van der Waals surface area (Å²) in [4.78, 5) is 29.1. The topological polar surface area (TPSA) is 108 Å². The maximum Gasteiger partial charge on any atom is 0.573 e. The van der Waals surface area contributed by atoms with Gasteiger partial charge in [-0.05, 0) is 48.0 Å². The molecule has 0 bridgehead atoms. The van der Waals surface area contributed by atoms with E-state index >= 15 is 0 Å². The first-order valence-electron chi connectivity index (χ1n) is 10.0. The van der Waals surface area contributed by atoms with Crippen LogP contribution in [-0.2, 0) is 6.54 Å². The standard InChI is InChI=1S/C23H17F3N4O5/c24-23(25,26)35-18-8-6-16(7-9-18)30-20(31)14-29(22(30)33)13-15-10-11-27-12-19(15)28-21(32)34-17-4-2-1-3-5-17/h1-12,14,31H,13H2,(H,28,32). The summed E-state index contributed by atoms with van der Waals surface area (Å²) in [6.07, 6.45) is -1.62. The number of hydrogen-bond donors (Lipinski definition) is 2. The van der Waals surface area contributed by atoms with Gasteiger partial charge in [-0.15, -0.1) is 13.2 Å². The first kappa shape index (κ1) is 23.4. The van der Waals surface area contributed by atoms with E-state index in [1.54, 1.807) is 36.4 Å². The number of aromatic hydroxyl groups is 1. The fourth-order valence-corrected chi connectivity index (χ4v) is 3.22. The summed E-state index contributed by atoms with van der Waals surface area (Å²) in [6.45, 7) is -0.0574. The Morgan fingerprint density at radius 1 is 1.03 bits per heavy atom. The van der Waals surface area contributed by atoms with Crippen LogP contribution in [0.4, 0.5) is 23.7 Å². The number of anilines is 1. The number of alkyl halides is 3. The van der Waals surface area contributed by atoms with Gasteiger partial charge in [0.05, 0.1) is 30.3 Å². The lowest BCUT2D eigenvalue weighted by atomic mass is 10.2. The SMILES string of the molecule is O=C(Nc1cnccc1Cn1cc(O)n(-c2ccc(OC(F)(F)F)cc2)c1=O)Oc1ccccc1. The molecule has 4 aromatic rings. The number of imidazole rings is 1. The fraction of sp³-hybridized carbons (Fsp3) is 0.0870. The molecule has 9 nitrogen and oxygen atoms in total. The molecule has 2 aromatic heterocycles. The van der Waals surface area contributed by atoms with Gasteiger partial charge >= 0.3 is 18.1 Å². The van der Waals surface area contributed by atoms with Gasteiger partial charge < -0.3 is 14.6 Å². The minimum atomic E-state index is -4.85. The quantitative estimate of drug-likeness (QED) is 0.421. The second kappa shape index (κ2) is 9.63. The number of aromatic nitrogens is 3. The minimum absolute atomic E-state index is 0.0574. The molecule has 35 heavy (non-hydrogen) atoms. The van der Waals surface area contributed by atoms with Crippen molar-refractivity contribution in [1.29, 1.82) is 0 Å². The molecule has 2 N–H and O–H groups in total. The highest BCUT2D eigenvalue weighted by molar-refractivity contribution is 5.87. The van der Waals surface area contributed by atoms with Gasteiger partial charge in [0.2, 0.25) is 5.88 Å². The molecule has 0 aliphatic rings. The van der Waals surface area contributed by atoms with Gasteiger partial charge in [0, 0.05) is 6.20 Å². The van der Waals surface area contributed by atoms with Crippen molar-refractivity contribution in [2.24, 2.45) is 0 Å². The van der Waals surface area contributed by atoms with E-state index < -0.39 is 29.8 Å². The fourth-order valence-electron chi connectivity index (χ4n) is 3.22. The monoisotopic (exact) mass is 486 g/mol. The van der Waals surface area contributed by atoms with E-state index in [4.69, 9.17) is 4.74 Å². The van der Waals surface area contributed by atoms with E-state index in [1.165, 1.54) is 29.1 Å². The number of hydrogen-bond acceptors (Lipinski definition) is 6. The van der Waals surface area contributed by atoms with Crippen LogP contribution in [0.1, 0.15) is 5.56 Å². The number of para-hydroxylation sites is 1. The Labute approximate surface area is 195 Å². The van der Waals surface area contributed by atoms with Crippen LogP contribution >= 0.6 is 0 Å². The van der Waals surface area contributed by atoms with Gasteiger partial charge in [0.15, 0.2) is 0 Å². The second-order valence-electron chi connectivity index (χ2n) is 7.14. The van der Waals surface area contributed by atoms with E-state index in [9.17, 15) is 27.9 Å². The molecule has 2 heterocycles. The van der Waals surface area contributed by atoms with Crippen LogP contribution in [0.2, 0.25) is 0 Å². The zero-order chi connectivity index (χ0) is 25.0. The lowest BCUT2D eigenvalue weighted by molar-refractivity contribution is -0.274. The van der Waals surface area contributed by atoms with Crippen LogP contribution in [-0.4, -0.2) is 31.7 Å². The molecule has 12 heteroatoms. The van der Waals surface area contributed by atoms with Crippen LogP contribution in [0, 0.1) is 0 Å². The highest BCUT2D eigenvalue weighted by Crippen LogP contribution is 2.25. The minimum Gasteiger partial charge on any atom is -0.493 e. The van der Waals surface area contributed by atoms with Crippen molar-refractivity contribution in [3.05, 3.63) is 95.3 Å². The molecule has 0 aliphatic carbocycles. The molecule has 1 amide bonds. The molecule has 0 spiro atoms. The van der Waals surface area contributed by atoms with E-state index in [0.717, 1.165) is 22.9 Å². The molecule has 0 saturated heterocycles. The number of carbonyl (C=O) groups is 1. The number of ether oxygens (including phenoxy) is 2. The molecule has 0 atom stereocenters. The van der Waals surface area contributed by atoms with E-state index in [2.05, 4.69) is 15.0 Å². The summed E-state index contributed by atoms with van der Waals surface area (Å²) in [6, 6.07) is 14.4. The molecule has 2 aromatic carbocycles. The Morgan fingerprint density at radius 3 is 2.43 bits per heavy atom. The van der Waals surface area contributed by atoms with Gasteiger partial charge in [-0.25, -0.2) is 14.2 Å². The van der Waals surface area contributed by atoms with Crippen molar-refractivity contribution in [3.63, 3.8) is 0 Å². The maximum atomic E-state index is 12.9. The number of benzene rings is 2. The number of pyridine rings is 1. The van der Waals surface area contributed by atoms with Gasteiger partial charge in [-0.3, -0.25) is 14.9 Å². The third-order valence-electron chi connectivity index (χ3n) is 4.71. The van der Waals surface area contributed by atoms with Gasteiger partial charge in [-0.2, -0.15) is 0 Å². The van der Waals surface area contributed by atoms with Crippen LogP contribution in [0.15, 0.2) is 84.0 Å². The second-order valence-corrected chi connectivity index (χ2v) is 7.14. The smallest absolute Gasteiger partial charge is 0.493 e. The molecule has 0 unspecified atom stereocenters. The molecule has 0 saturated carbocycles. The summed E-state index contributed by atoms with van der Waals surface area (Å²) < 4.78 is 48.2. The first-order valence-corrected chi connectivity index (χ1v) is 10.0. The Kier molecular flexibility index (Phi) is 6.44. The molecule has 0 radical (unpaired) electrons. The van der Waals surface area contributed by atoms with Gasteiger partial charge in [-0.1, -0.05) is 18.2 Å². The number of nitrogens with one attached hydrogen (secondary N) is 1. The first-order chi connectivity index (χ1) is 16.7. The van der Waals surface area contributed by atoms with Crippen molar-refractivity contribution in [1.82, 2.24) is 14.1 Å². The number of amides is 1. The molecular weight excluding hydrogens is 469 g/mol. The highest BCUT2D eigenvalue weighted by Gasteiger charge is 2.31. The zero-order valence-electron chi connectivity index (χ0n) is 17.8. The lowest BCUT2D eigenvalue weighted by Crippen LogP contribution is -2.24. The molecule has 4 rings (SSSR count). The largest absolute Gasteiger partial charge is 0.573 e. The van der Waals surface area contributed by atoms with E-state index in [1.807, 2.05) is 0 Å². The Hall–Kier alpha value is -4.74. The molecule has 180 valence electrons. The van der Waals surface area contributed by atoms with Crippen molar-refractivity contribution in [2.75, 3.05) is 5.32 Å². The molecule has 0 fully saturated rings. The zero-order valence-corrected chi connectivity index (χ0v) is 17.8. The summed E-state index contributed by atoms with van der Waals surface area (Å²) >= 11 is 0. The van der Waals surface area contributed by atoms with Gasteiger partial charge in [0.1, 0.15) is 11.5 Å². The summed E-state index contributed by atoms with van der Waals surface area (Å²) in [5, 5.41) is 12.9. The van der Waals surface area contributed by atoms with Crippen molar-refractivity contribution in [3.8, 4) is 23.1 Å². The van der Waals surface area contributed by atoms with E-state index in [0.29, 0.717) is 11.3 Å². The number of nitrogens with zero attached hydrogens (tertiary/aromatic N) is 3. The Morgan fingerprint density at radius 2 is 1.74 bits per heavy atom. The predicted molar refractivity (Wildman–Crippen MR) is 118 cm³/mol. The molecule has 0 aliphatic heterocycles. The van der Waals surface area contributed by atoms with Crippen molar-refractivity contribution >= 4 is 11.8 Å². The summed E-state index contributed by atoms with van der Waals surface area (Å²) in [7, 11) is 0. The summed E-state index contributed by atoms with van der Waals surface area (Å²) in [5.41, 5.74) is 0.223. The van der Waals surface area contributed by atoms with Crippen LogP contribution < -0.4 is 20.5 Å². The van der Waals surface area contributed by atoms with Gasteiger partial charge in [0.25, 0.3) is 0 Å². The number of halogens is 3. The van der Waals surface area contributed by atoms with Crippen molar-refractivity contribution < 1.29 is 32.5 Å². The maximum absolute atomic E-state index is 12.9. The third kappa shape index (κ3) is 5.79. The third-order valence-corrected chi connectivity index (χ3v) is 4.71. The predicted octanol–water partition coefficient (Wildman–Crippen LogP) is 4.30. The number of rotatable bonds is 6. The lowest BCUT2D eigenvalue weighted by Gasteiger charge is -2.11. The number of carbonyl (C=O) groups excluding carboxylic acids is 1. The average Bonchev–Trinajstić information content (AvgIpc) is 3.08. The average molecular weight is 486 g/mol. The Balaban J connectivity index is 1.54. The van der Waals surface area contributed by atoms with Crippen LogP contribution in [0.3, 0.4) is 0 Å². The van der Waals surface area contributed by atoms with Crippen LogP contribution in [0.25, 0.3) is 5.69 Å². The normalized spacial score (nSPS) is 11.2. The molecular formula is C23H17F3N4O5. The summed E-state index contributed by atoms with van der Waals surface area (Å²) in [5.74, 6) is -0.574. The van der Waals surface area contributed by atoms with Crippen molar-refractivity contribution in [2.45, 2.75) is 12.9 Å².